The quantitative estimate of drug-likeness (QED) is 0.666. The van der Waals surface area contributed by atoms with Crippen LogP contribution in [0, 0.1) is 11.8 Å². The van der Waals surface area contributed by atoms with Gasteiger partial charge in [-0.25, -0.2) is 0 Å². The van der Waals surface area contributed by atoms with Crippen molar-refractivity contribution in [1.82, 2.24) is 0 Å². The van der Waals surface area contributed by atoms with Crippen LogP contribution in [0.2, 0.25) is 0 Å². The number of unbranched alkanes of at least 4 members (excludes halogenated alkanes) is 1. The van der Waals surface area contributed by atoms with Gasteiger partial charge in [0.2, 0.25) is 0 Å². The second-order valence-electron chi connectivity index (χ2n) is 4.13. The predicted octanol–water partition coefficient (Wildman–Crippen LogP) is 2.00. The van der Waals surface area contributed by atoms with Gasteiger partial charge in [-0.05, 0) is 44.9 Å². The number of carboxylic acids is 1. The van der Waals surface area contributed by atoms with Crippen LogP contribution in [0.5, 0.6) is 0 Å². The van der Waals surface area contributed by atoms with Gasteiger partial charge in [-0.15, -0.1) is 0 Å². The van der Waals surface area contributed by atoms with Crippen LogP contribution in [0.4, 0.5) is 0 Å². The molecule has 0 aromatic rings. The van der Waals surface area contributed by atoms with Crippen molar-refractivity contribution < 1.29 is 15.0 Å². The number of carbonyl (C=O) groups is 1. The van der Waals surface area contributed by atoms with Crippen LogP contribution in [0.25, 0.3) is 0 Å². The van der Waals surface area contributed by atoms with E-state index in [0.29, 0.717) is 0 Å². The summed E-state index contributed by atoms with van der Waals surface area (Å²) in [5.74, 6) is -0.650. The van der Waals surface area contributed by atoms with Crippen molar-refractivity contribution in [2.24, 2.45) is 5.41 Å². The number of aliphatic hydroxyl groups is 1. The maximum Gasteiger partial charge on any atom is 0.309 e. The summed E-state index contributed by atoms with van der Waals surface area (Å²) in [6.45, 7) is 0.168. The minimum Gasteiger partial charge on any atom is -0.481 e. The lowest BCUT2D eigenvalue weighted by Gasteiger charge is -2.33. The van der Waals surface area contributed by atoms with Crippen LogP contribution in [0.15, 0.2) is 0 Å². The molecule has 0 spiro atoms. The Balaban J connectivity index is 2.47. The van der Waals surface area contributed by atoms with Crippen LogP contribution in [-0.2, 0) is 4.79 Å². The van der Waals surface area contributed by atoms with Crippen molar-refractivity contribution in [3.05, 3.63) is 6.42 Å². The average Bonchev–Trinajstić information content (AvgIpc) is 2.19. The van der Waals surface area contributed by atoms with Gasteiger partial charge in [0.1, 0.15) is 0 Å². The van der Waals surface area contributed by atoms with Gasteiger partial charge in [0.05, 0.1) is 5.41 Å². The molecule has 1 rings (SSSR count). The molecule has 0 heterocycles. The third-order valence-corrected chi connectivity index (χ3v) is 3.17. The highest BCUT2D eigenvalue weighted by molar-refractivity contribution is 5.74. The Bertz CT molecular complexity index is 183. The van der Waals surface area contributed by atoms with E-state index in [1.807, 2.05) is 0 Å². The molecule has 0 amide bonds. The van der Waals surface area contributed by atoms with E-state index in [9.17, 15) is 9.90 Å². The monoisotopic (exact) mass is 199 g/mol. The Morgan fingerprint density at radius 2 is 1.93 bits per heavy atom. The summed E-state index contributed by atoms with van der Waals surface area (Å²) < 4.78 is 0. The van der Waals surface area contributed by atoms with Gasteiger partial charge in [0.15, 0.2) is 0 Å². The van der Waals surface area contributed by atoms with Gasteiger partial charge in [-0.3, -0.25) is 4.79 Å². The Labute approximate surface area is 85.1 Å². The number of aliphatic hydroxyl groups excluding tert-OH is 1. The van der Waals surface area contributed by atoms with Crippen LogP contribution in [0.1, 0.15) is 44.9 Å². The fourth-order valence-electron chi connectivity index (χ4n) is 2.17. The summed E-state index contributed by atoms with van der Waals surface area (Å²) in [5.41, 5.74) is -0.496. The van der Waals surface area contributed by atoms with Gasteiger partial charge in [0.25, 0.3) is 0 Å². The topological polar surface area (TPSA) is 57.5 Å². The minimum absolute atomic E-state index is 0.168. The molecule has 1 radical (unpaired) electrons. The maximum absolute atomic E-state index is 11.2. The van der Waals surface area contributed by atoms with Crippen molar-refractivity contribution in [3.63, 3.8) is 0 Å². The molecule has 1 fully saturated rings. The second-order valence-corrected chi connectivity index (χ2v) is 4.13. The first kappa shape index (κ1) is 11.5. The highest BCUT2D eigenvalue weighted by Gasteiger charge is 2.38. The Kier molecular flexibility index (Phi) is 4.39. The van der Waals surface area contributed by atoms with Gasteiger partial charge in [-0.1, -0.05) is 6.42 Å². The lowest BCUT2D eigenvalue weighted by molar-refractivity contribution is -0.151. The molecule has 0 unspecified atom stereocenters. The number of rotatable bonds is 5. The van der Waals surface area contributed by atoms with Gasteiger partial charge in [0, 0.05) is 6.61 Å². The Morgan fingerprint density at radius 3 is 2.43 bits per heavy atom. The summed E-state index contributed by atoms with van der Waals surface area (Å²) >= 11 is 0. The van der Waals surface area contributed by atoms with Crippen molar-refractivity contribution in [3.8, 4) is 0 Å². The number of hydrogen-bond acceptors (Lipinski definition) is 2. The molecular formula is C11H19O3. The van der Waals surface area contributed by atoms with Gasteiger partial charge < -0.3 is 10.2 Å². The van der Waals surface area contributed by atoms with E-state index in [4.69, 9.17) is 5.11 Å². The van der Waals surface area contributed by atoms with Gasteiger partial charge in [-0.2, -0.15) is 0 Å². The van der Waals surface area contributed by atoms with E-state index in [1.54, 1.807) is 0 Å². The zero-order valence-electron chi connectivity index (χ0n) is 8.54. The third-order valence-electron chi connectivity index (χ3n) is 3.17. The summed E-state index contributed by atoms with van der Waals surface area (Å²) in [5, 5.41) is 17.9. The molecule has 14 heavy (non-hydrogen) atoms. The molecule has 1 aliphatic rings. The molecule has 3 heteroatoms. The van der Waals surface area contributed by atoms with Crippen molar-refractivity contribution in [2.75, 3.05) is 6.61 Å². The van der Waals surface area contributed by atoms with Crippen molar-refractivity contribution in [2.45, 2.75) is 44.9 Å². The smallest absolute Gasteiger partial charge is 0.309 e. The number of aliphatic carboxylic acids is 1. The maximum atomic E-state index is 11.2. The van der Waals surface area contributed by atoms with E-state index in [1.165, 1.54) is 0 Å². The summed E-state index contributed by atoms with van der Waals surface area (Å²) in [6.07, 6.45) is 7.82. The van der Waals surface area contributed by atoms with E-state index in [2.05, 4.69) is 6.42 Å². The first-order chi connectivity index (χ1) is 6.71. The first-order valence-corrected chi connectivity index (χ1v) is 5.37. The lowest BCUT2D eigenvalue weighted by atomic mass is 9.71. The fraction of sp³-hybridized carbons (Fsp3) is 0.818. The highest BCUT2D eigenvalue weighted by Crippen LogP contribution is 2.40. The zero-order valence-corrected chi connectivity index (χ0v) is 8.54. The average molecular weight is 199 g/mol. The molecule has 1 aliphatic carbocycles. The molecule has 0 atom stereocenters. The molecule has 2 N–H and O–H groups in total. The molecule has 0 aromatic carbocycles. The number of hydrogen-bond donors (Lipinski definition) is 2. The van der Waals surface area contributed by atoms with Crippen LogP contribution >= 0.6 is 0 Å². The predicted molar refractivity (Wildman–Crippen MR) is 53.8 cm³/mol. The largest absolute Gasteiger partial charge is 0.481 e. The standard InChI is InChI=1S/C11H19O3/c12-9-5-4-8-11(10(13)14)6-2-1-3-7-11/h1,12H,2-9H2,(H,13,14). The molecule has 0 aliphatic heterocycles. The molecule has 1 saturated carbocycles. The summed E-state index contributed by atoms with van der Waals surface area (Å²) in [7, 11) is 0. The Morgan fingerprint density at radius 1 is 1.29 bits per heavy atom. The lowest BCUT2D eigenvalue weighted by Crippen LogP contribution is -2.33. The Hall–Kier alpha value is -0.570. The van der Waals surface area contributed by atoms with E-state index in [-0.39, 0.29) is 6.61 Å². The van der Waals surface area contributed by atoms with Crippen LogP contribution in [-0.4, -0.2) is 22.8 Å². The summed E-state index contributed by atoms with van der Waals surface area (Å²) in [6, 6.07) is 0. The zero-order chi connectivity index (χ0) is 10.4. The van der Waals surface area contributed by atoms with E-state index >= 15 is 0 Å². The van der Waals surface area contributed by atoms with Crippen LogP contribution in [0.3, 0.4) is 0 Å². The minimum atomic E-state index is -0.650. The third kappa shape index (κ3) is 2.71. The summed E-state index contributed by atoms with van der Waals surface area (Å²) in [4.78, 5) is 11.2. The molecule has 0 bridgehead atoms. The van der Waals surface area contributed by atoms with Crippen LogP contribution < -0.4 is 0 Å². The SMILES string of the molecule is O=C(O)C1(CCCCO)CC[CH]CC1. The highest BCUT2D eigenvalue weighted by atomic mass is 16.4. The van der Waals surface area contributed by atoms with E-state index in [0.717, 1.165) is 44.9 Å². The molecular weight excluding hydrogens is 180 g/mol. The molecule has 0 saturated heterocycles. The second kappa shape index (κ2) is 5.35. The van der Waals surface area contributed by atoms with E-state index < -0.39 is 11.4 Å². The first-order valence-electron chi connectivity index (χ1n) is 5.37. The fourth-order valence-corrected chi connectivity index (χ4v) is 2.17. The molecule has 3 nitrogen and oxygen atoms in total. The van der Waals surface area contributed by atoms with Gasteiger partial charge >= 0.3 is 5.97 Å². The molecule has 0 aromatic heterocycles. The number of carboxylic acid groups (broad SMARTS) is 1. The normalized spacial score (nSPS) is 20.6. The van der Waals surface area contributed by atoms with Crippen molar-refractivity contribution >= 4 is 5.97 Å². The van der Waals surface area contributed by atoms with Crippen molar-refractivity contribution in [1.29, 1.82) is 0 Å². The molecule has 81 valence electrons.